The molecule has 1 aromatic rings. The van der Waals surface area contributed by atoms with Crippen molar-refractivity contribution in [2.45, 2.75) is 63.5 Å². The lowest BCUT2D eigenvalue weighted by molar-refractivity contribution is -0.135. The molecular weight excluding hydrogens is 390 g/mol. The highest BCUT2D eigenvalue weighted by molar-refractivity contribution is 6.36. The predicted molar refractivity (Wildman–Crippen MR) is 116 cm³/mol. The van der Waals surface area contributed by atoms with Gasteiger partial charge in [0.2, 0.25) is 0 Å². The predicted octanol–water partition coefficient (Wildman–Crippen LogP) is 4.03. The fourth-order valence-electron chi connectivity index (χ4n) is 6.01. The molecule has 3 aliphatic rings. The van der Waals surface area contributed by atoms with Gasteiger partial charge < -0.3 is 15.3 Å². The van der Waals surface area contributed by atoms with E-state index in [-0.39, 0.29) is 30.3 Å². The summed E-state index contributed by atoms with van der Waals surface area (Å²) in [5, 5.41) is 16.9. The molecule has 0 amide bonds. The number of hydrogen-bond donors (Lipinski definition) is 2. The number of ether oxygens (including phenoxy) is 1. The first-order chi connectivity index (χ1) is 13.6. The number of nitrogens with zero attached hydrogens (tertiary/aromatic N) is 2. The lowest BCUT2D eigenvalue weighted by atomic mass is 9.63. The van der Waals surface area contributed by atoms with E-state index >= 15 is 0 Å². The quantitative estimate of drug-likeness (QED) is 0.325. The average Bonchev–Trinajstić information content (AvgIpc) is 3.06. The zero-order valence-corrected chi connectivity index (χ0v) is 18.1. The molecule has 2 N–H and O–H groups in total. The largest absolute Gasteiger partial charge is 0.461 e. The molecule has 0 aromatic heterocycles. The van der Waals surface area contributed by atoms with Crippen LogP contribution in [0.25, 0.3) is 0 Å². The highest BCUT2D eigenvalue weighted by atomic mass is 35.5. The van der Waals surface area contributed by atoms with Gasteiger partial charge in [0.15, 0.2) is 5.71 Å². The number of rotatable bonds is 5. The van der Waals surface area contributed by atoms with Crippen molar-refractivity contribution in [1.82, 2.24) is 4.90 Å². The van der Waals surface area contributed by atoms with Crippen LogP contribution in [0.2, 0.25) is 0 Å². The van der Waals surface area contributed by atoms with E-state index < -0.39 is 5.97 Å². The van der Waals surface area contributed by atoms with Crippen molar-refractivity contribution in [3.63, 3.8) is 0 Å². The Morgan fingerprint density at radius 2 is 2.10 bits per heavy atom. The number of para-hydroxylation sites is 1. The van der Waals surface area contributed by atoms with Gasteiger partial charge in [0, 0.05) is 24.1 Å². The second kappa shape index (κ2) is 8.92. The Bertz CT molecular complexity index is 765. The molecule has 4 atom stereocenters. The Morgan fingerprint density at radius 3 is 2.83 bits per heavy atom. The maximum absolute atomic E-state index is 12.5. The summed E-state index contributed by atoms with van der Waals surface area (Å²) >= 11 is 0. The zero-order chi connectivity index (χ0) is 19.7. The molecule has 0 saturated carbocycles. The SMILES string of the molecule is CCOC(=O)C(CC12Nc3ccccc3C1CCN1CCC[C@H](CC)C12)=NO.Cl. The van der Waals surface area contributed by atoms with Crippen molar-refractivity contribution in [3.8, 4) is 0 Å². The fourth-order valence-corrected chi connectivity index (χ4v) is 6.01. The highest BCUT2D eigenvalue weighted by Crippen LogP contribution is 2.55. The summed E-state index contributed by atoms with van der Waals surface area (Å²) in [6.45, 7) is 6.48. The average molecular weight is 422 g/mol. The van der Waals surface area contributed by atoms with E-state index in [1.807, 2.05) is 0 Å². The molecule has 6 nitrogen and oxygen atoms in total. The Hall–Kier alpha value is -1.79. The third kappa shape index (κ3) is 3.61. The van der Waals surface area contributed by atoms with Gasteiger partial charge in [0.05, 0.1) is 12.1 Å². The van der Waals surface area contributed by atoms with E-state index in [1.165, 1.54) is 18.4 Å². The second-order valence-corrected chi connectivity index (χ2v) is 8.33. The summed E-state index contributed by atoms with van der Waals surface area (Å²) in [5.74, 6) is 0.334. The van der Waals surface area contributed by atoms with Crippen LogP contribution in [0.4, 0.5) is 5.69 Å². The summed E-state index contributed by atoms with van der Waals surface area (Å²) in [6, 6.07) is 8.79. The number of halogens is 1. The monoisotopic (exact) mass is 421 g/mol. The molecule has 7 heteroatoms. The lowest BCUT2D eigenvalue weighted by Crippen LogP contribution is -2.67. The molecule has 2 saturated heterocycles. The molecule has 160 valence electrons. The Balaban J connectivity index is 0.00000240. The van der Waals surface area contributed by atoms with Crippen molar-refractivity contribution in [2.24, 2.45) is 11.1 Å². The minimum absolute atomic E-state index is 0. The van der Waals surface area contributed by atoms with Crippen molar-refractivity contribution in [1.29, 1.82) is 0 Å². The number of benzene rings is 1. The number of hydrogen-bond acceptors (Lipinski definition) is 6. The summed E-state index contributed by atoms with van der Waals surface area (Å²) in [4.78, 5) is 15.1. The van der Waals surface area contributed by atoms with E-state index in [4.69, 9.17) is 4.74 Å². The number of nitrogens with one attached hydrogen (secondary N) is 1. The van der Waals surface area contributed by atoms with E-state index in [9.17, 15) is 10.0 Å². The van der Waals surface area contributed by atoms with Gasteiger partial charge in [-0.1, -0.05) is 36.7 Å². The molecular formula is C22H32ClN3O3. The molecule has 29 heavy (non-hydrogen) atoms. The van der Waals surface area contributed by atoms with Gasteiger partial charge >= 0.3 is 5.97 Å². The second-order valence-electron chi connectivity index (χ2n) is 8.33. The summed E-state index contributed by atoms with van der Waals surface area (Å²) in [6.07, 6.45) is 4.95. The topological polar surface area (TPSA) is 74.2 Å². The van der Waals surface area contributed by atoms with E-state index in [0.717, 1.165) is 31.6 Å². The van der Waals surface area contributed by atoms with Crippen molar-refractivity contribution in [2.75, 3.05) is 25.0 Å². The molecule has 0 bridgehead atoms. The third-order valence-electron chi connectivity index (χ3n) is 7.03. The molecule has 0 spiro atoms. The van der Waals surface area contributed by atoms with Crippen LogP contribution in [-0.2, 0) is 9.53 Å². The minimum Gasteiger partial charge on any atom is -0.461 e. The van der Waals surface area contributed by atoms with E-state index in [0.29, 0.717) is 24.3 Å². The van der Waals surface area contributed by atoms with Crippen molar-refractivity contribution in [3.05, 3.63) is 29.8 Å². The molecule has 2 fully saturated rings. The lowest BCUT2D eigenvalue weighted by Gasteiger charge is -2.56. The van der Waals surface area contributed by atoms with Crippen LogP contribution < -0.4 is 5.32 Å². The van der Waals surface area contributed by atoms with Crippen LogP contribution >= 0.6 is 12.4 Å². The molecule has 0 radical (unpaired) electrons. The maximum atomic E-state index is 12.5. The number of carbonyl (C=O) groups excluding carboxylic acids is 1. The summed E-state index contributed by atoms with van der Waals surface area (Å²) < 4.78 is 5.18. The normalized spacial score (nSPS) is 31.0. The Morgan fingerprint density at radius 1 is 1.31 bits per heavy atom. The first kappa shape index (κ1) is 21.9. The van der Waals surface area contributed by atoms with E-state index in [1.54, 1.807) is 6.92 Å². The van der Waals surface area contributed by atoms with Crippen molar-refractivity contribution >= 4 is 29.8 Å². The standard InChI is InChI=1S/C22H31N3O3.ClH/c1-3-15-8-7-12-25-13-11-17-16-9-5-6-10-18(16)23-22(17,20(15)25)14-19(24-27)21(26)28-4-2;/h5-6,9-10,15,17,20,23,27H,3-4,7-8,11-14H2,1-2H3;1H/t15-,17?,20?,22?;/m0./s1. The third-order valence-corrected chi connectivity index (χ3v) is 7.03. The fraction of sp³-hybridized carbons (Fsp3) is 0.636. The Kier molecular flexibility index (Phi) is 6.74. The van der Waals surface area contributed by atoms with Gasteiger partial charge in [-0.3, -0.25) is 4.90 Å². The van der Waals surface area contributed by atoms with E-state index in [2.05, 4.69) is 46.6 Å². The highest BCUT2D eigenvalue weighted by Gasteiger charge is 2.58. The van der Waals surface area contributed by atoms with Crippen molar-refractivity contribution < 1.29 is 14.7 Å². The number of esters is 1. The van der Waals surface area contributed by atoms with Crippen LogP contribution in [0, 0.1) is 5.92 Å². The molecule has 3 unspecified atom stereocenters. The maximum Gasteiger partial charge on any atom is 0.356 e. The summed E-state index contributed by atoms with van der Waals surface area (Å²) in [5.41, 5.74) is 2.24. The van der Waals surface area contributed by atoms with Crippen LogP contribution in [0.5, 0.6) is 0 Å². The van der Waals surface area contributed by atoms with Crippen LogP contribution in [0.1, 0.15) is 57.4 Å². The van der Waals surface area contributed by atoms with Gasteiger partial charge in [-0.15, -0.1) is 12.4 Å². The zero-order valence-electron chi connectivity index (χ0n) is 17.3. The minimum atomic E-state index is -0.517. The van der Waals surface area contributed by atoms with Gasteiger partial charge in [-0.05, 0) is 56.8 Å². The molecule has 4 rings (SSSR count). The van der Waals surface area contributed by atoms with Crippen LogP contribution in [0.15, 0.2) is 29.4 Å². The van der Waals surface area contributed by atoms with Gasteiger partial charge in [-0.2, -0.15) is 0 Å². The first-order valence-corrected chi connectivity index (χ1v) is 10.6. The molecule has 1 aromatic carbocycles. The number of piperidine rings is 2. The number of anilines is 1. The first-order valence-electron chi connectivity index (χ1n) is 10.6. The smallest absolute Gasteiger partial charge is 0.356 e. The summed E-state index contributed by atoms with van der Waals surface area (Å²) in [7, 11) is 0. The van der Waals surface area contributed by atoms with Crippen LogP contribution in [0.3, 0.4) is 0 Å². The van der Waals surface area contributed by atoms with Gasteiger partial charge in [-0.25, -0.2) is 4.79 Å². The molecule has 3 aliphatic heterocycles. The number of fused-ring (bicyclic) bond motifs is 5. The number of carbonyl (C=O) groups is 1. The molecule has 0 aliphatic carbocycles. The van der Waals surface area contributed by atoms with Gasteiger partial charge in [0.1, 0.15) is 0 Å². The number of oxime groups is 1. The molecule has 3 heterocycles. The van der Waals surface area contributed by atoms with Crippen LogP contribution in [-0.4, -0.2) is 53.1 Å². The Labute approximate surface area is 179 Å². The van der Waals surface area contributed by atoms with Gasteiger partial charge in [0.25, 0.3) is 0 Å².